The Morgan fingerprint density at radius 2 is 2.00 bits per heavy atom. The van der Waals surface area contributed by atoms with Crippen LogP contribution in [0.1, 0.15) is 17.3 Å². The molecule has 1 N–H and O–H groups in total. The Morgan fingerprint density at radius 1 is 1.19 bits per heavy atom. The smallest absolute Gasteiger partial charge is 0.325 e. The predicted octanol–water partition coefficient (Wildman–Crippen LogP) is 2.61. The molecular weight excluding hydrogens is 348 g/mol. The third kappa shape index (κ3) is 3.79. The van der Waals surface area contributed by atoms with Crippen molar-refractivity contribution in [2.45, 2.75) is 6.92 Å². The van der Waals surface area contributed by atoms with Gasteiger partial charge in [0.15, 0.2) is 0 Å². The van der Waals surface area contributed by atoms with Crippen LogP contribution in [-0.2, 0) is 0 Å². The molecule has 1 saturated heterocycles. The van der Waals surface area contributed by atoms with E-state index in [4.69, 9.17) is 9.47 Å². The molecule has 1 fully saturated rings. The molecule has 27 heavy (non-hydrogen) atoms. The first kappa shape index (κ1) is 18.5. The van der Waals surface area contributed by atoms with Crippen molar-refractivity contribution in [3.63, 3.8) is 0 Å². The summed E-state index contributed by atoms with van der Waals surface area (Å²) in [6.07, 6.45) is 1.53. The lowest BCUT2D eigenvalue weighted by molar-refractivity contribution is 0.102. The van der Waals surface area contributed by atoms with Crippen molar-refractivity contribution in [1.29, 1.82) is 0 Å². The van der Waals surface area contributed by atoms with Crippen molar-refractivity contribution >= 4 is 23.4 Å². The van der Waals surface area contributed by atoms with Crippen molar-refractivity contribution in [2.75, 3.05) is 44.1 Å². The van der Waals surface area contributed by atoms with E-state index in [1.54, 1.807) is 47.2 Å². The zero-order chi connectivity index (χ0) is 19.4. The molecule has 142 valence electrons. The van der Waals surface area contributed by atoms with Crippen molar-refractivity contribution in [1.82, 2.24) is 9.88 Å². The topological polar surface area (TPSA) is 84.0 Å². The average Bonchev–Trinajstić information content (AvgIpc) is 3.08. The second-order valence-corrected chi connectivity index (χ2v) is 5.94. The van der Waals surface area contributed by atoms with Gasteiger partial charge in [-0.2, -0.15) is 0 Å². The summed E-state index contributed by atoms with van der Waals surface area (Å²) in [5.41, 5.74) is 0.913. The van der Waals surface area contributed by atoms with Gasteiger partial charge in [0.25, 0.3) is 5.91 Å². The largest absolute Gasteiger partial charge is 0.497 e. The Balaban J connectivity index is 1.72. The van der Waals surface area contributed by atoms with Gasteiger partial charge in [-0.25, -0.2) is 9.78 Å². The number of pyridine rings is 1. The molecule has 1 aromatic heterocycles. The highest BCUT2D eigenvalue weighted by Gasteiger charge is 2.29. The average molecular weight is 370 g/mol. The van der Waals surface area contributed by atoms with Gasteiger partial charge in [-0.1, -0.05) is 0 Å². The molecule has 3 amide bonds. The van der Waals surface area contributed by atoms with E-state index < -0.39 is 0 Å². The molecule has 0 spiro atoms. The summed E-state index contributed by atoms with van der Waals surface area (Å²) in [4.78, 5) is 32.5. The highest BCUT2D eigenvalue weighted by molar-refractivity contribution is 6.06. The zero-order valence-corrected chi connectivity index (χ0v) is 15.6. The summed E-state index contributed by atoms with van der Waals surface area (Å²) in [6.45, 7) is 3.91. The van der Waals surface area contributed by atoms with E-state index in [1.165, 1.54) is 13.3 Å². The van der Waals surface area contributed by atoms with E-state index in [0.29, 0.717) is 48.2 Å². The van der Waals surface area contributed by atoms with Crippen LogP contribution in [0.3, 0.4) is 0 Å². The number of ether oxygens (including phenoxy) is 2. The Bertz CT molecular complexity index is 838. The molecule has 1 aromatic carbocycles. The summed E-state index contributed by atoms with van der Waals surface area (Å²) in [7, 11) is 3.04. The molecule has 0 saturated carbocycles. The molecule has 0 atom stereocenters. The molecule has 0 radical (unpaired) electrons. The van der Waals surface area contributed by atoms with Gasteiger partial charge in [0.05, 0.1) is 31.7 Å². The Morgan fingerprint density at radius 3 is 2.59 bits per heavy atom. The van der Waals surface area contributed by atoms with Crippen LogP contribution in [-0.4, -0.2) is 55.7 Å². The van der Waals surface area contributed by atoms with E-state index in [9.17, 15) is 9.59 Å². The van der Waals surface area contributed by atoms with Crippen LogP contribution in [0.5, 0.6) is 11.5 Å². The molecule has 2 aromatic rings. The molecular formula is C19H22N4O4. The first-order valence-corrected chi connectivity index (χ1v) is 8.63. The van der Waals surface area contributed by atoms with Crippen LogP contribution in [0.2, 0.25) is 0 Å². The highest BCUT2D eigenvalue weighted by Crippen LogP contribution is 2.26. The number of likely N-dealkylation sites (N-methyl/N-ethyl adjacent to an activating group) is 1. The minimum atomic E-state index is -0.321. The third-order valence-electron chi connectivity index (χ3n) is 4.41. The predicted molar refractivity (Wildman–Crippen MR) is 102 cm³/mol. The molecule has 0 aliphatic carbocycles. The van der Waals surface area contributed by atoms with Gasteiger partial charge in [0.2, 0.25) is 0 Å². The van der Waals surface area contributed by atoms with E-state index in [2.05, 4.69) is 10.3 Å². The lowest BCUT2D eigenvalue weighted by Crippen LogP contribution is -2.32. The molecule has 8 nitrogen and oxygen atoms in total. The minimum Gasteiger partial charge on any atom is -0.497 e. The van der Waals surface area contributed by atoms with Gasteiger partial charge < -0.3 is 19.7 Å². The van der Waals surface area contributed by atoms with E-state index in [-0.39, 0.29) is 11.9 Å². The van der Waals surface area contributed by atoms with Crippen molar-refractivity contribution in [2.24, 2.45) is 0 Å². The molecule has 0 bridgehead atoms. The Hall–Kier alpha value is -3.29. The van der Waals surface area contributed by atoms with Crippen LogP contribution in [0, 0.1) is 0 Å². The monoisotopic (exact) mass is 370 g/mol. The maximum absolute atomic E-state index is 12.5. The van der Waals surface area contributed by atoms with Gasteiger partial charge in [-0.05, 0) is 31.2 Å². The van der Waals surface area contributed by atoms with Crippen molar-refractivity contribution in [3.8, 4) is 11.5 Å². The summed E-state index contributed by atoms with van der Waals surface area (Å²) >= 11 is 0. The lowest BCUT2D eigenvalue weighted by atomic mass is 10.1. The summed E-state index contributed by atoms with van der Waals surface area (Å²) in [5, 5.41) is 2.78. The van der Waals surface area contributed by atoms with E-state index in [0.717, 1.165) is 0 Å². The van der Waals surface area contributed by atoms with Crippen LogP contribution in [0.25, 0.3) is 0 Å². The van der Waals surface area contributed by atoms with Crippen LogP contribution in [0.15, 0.2) is 36.5 Å². The van der Waals surface area contributed by atoms with Crippen LogP contribution in [0.4, 0.5) is 16.3 Å². The second kappa shape index (κ2) is 7.94. The zero-order valence-electron chi connectivity index (χ0n) is 15.6. The number of benzene rings is 1. The van der Waals surface area contributed by atoms with Gasteiger partial charge in [-0.3, -0.25) is 9.69 Å². The number of carbonyl (C=O) groups is 2. The number of urea groups is 1. The molecule has 1 aliphatic rings. The number of amides is 3. The van der Waals surface area contributed by atoms with E-state index >= 15 is 0 Å². The molecule has 2 heterocycles. The minimum absolute atomic E-state index is 0.0512. The van der Waals surface area contributed by atoms with Gasteiger partial charge in [-0.15, -0.1) is 0 Å². The summed E-state index contributed by atoms with van der Waals surface area (Å²) in [6, 6.07) is 8.36. The summed E-state index contributed by atoms with van der Waals surface area (Å²) < 4.78 is 10.4. The van der Waals surface area contributed by atoms with E-state index in [1.807, 2.05) is 6.92 Å². The number of anilines is 2. The normalized spacial score (nSPS) is 13.7. The number of rotatable bonds is 6. The fourth-order valence-electron chi connectivity index (χ4n) is 2.89. The quantitative estimate of drug-likeness (QED) is 0.845. The number of nitrogens with zero attached hydrogens (tertiary/aromatic N) is 3. The number of aromatic nitrogens is 1. The van der Waals surface area contributed by atoms with Crippen LogP contribution >= 0.6 is 0 Å². The second-order valence-electron chi connectivity index (χ2n) is 5.94. The van der Waals surface area contributed by atoms with Crippen molar-refractivity contribution < 1.29 is 19.1 Å². The fourth-order valence-corrected chi connectivity index (χ4v) is 2.89. The number of carbonyl (C=O) groups excluding carboxylic acids is 2. The SMILES string of the molecule is CCN1CCN(c2ccc(NC(=O)c3ccc(OC)cc3OC)cn2)C1=O. The molecule has 8 heteroatoms. The van der Waals surface area contributed by atoms with Crippen LogP contribution < -0.4 is 19.7 Å². The summed E-state index contributed by atoms with van der Waals surface area (Å²) in [5.74, 6) is 1.26. The first-order valence-electron chi connectivity index (χ1n) is 8.63. The van der Waals surface area contributed by atoms with Gasteiger partial charge in [0.1, 0.15) is 17.3 Å². The number of methoxy groups -OCH3 is 2. The maximum Gasteiger partial charge on any atom is 0.325 e. The first-order chi connectivity index (χ1) is 13.1. The highest BCUT2D eigenvalue weighted by atomic mass is 16.5. The number of hydrogen-bond acceptors (Lipinski definition) is 5. The van der Waals surface area contributed by atoms with Crippen molar-refractivity contribution in [3.05, 3.63) is 42.1 Å². The fraction of sp³-hybridized carbons (Fsp3) is 0.316. The number of nitrogens with one attached hydrogen (secondary N) is 1. The molecule has 1 aliphatic heterocycles. The van der Waals surface area contributed by atoms with Gasteiger partial charge in [0, 0.05) is 25.7 Å². The number of hydrogen-bond donors (Lipinski definition) is 1. The third-order valence-corrected chi connectivity index (χ3v) is 4.41. The standard InChI is InChI=1S/C19H22N4O4/c1-4-22-9-10-23(19(22)25)17-8-5-13(12-20-17)21-18(24)15-7-6-14(26-2)11-16(15)27-3/h5-8,11-12H,4,9-10H2,1-3H3,(H,21,24). The van der Waals surface area contributed by atoms with Gasteiger partial charge >= 0.3 is 6.03 Å². The Labute approximate surface area is 157 Å². The molecule has 3 rings (SSSR count). The Kier molecular flexibility index (Phi) is 5.44. The maximum atomic E-state index is 12.5. The molecule has 0 unspecified atom stereocenters. The lowest BCUT2D eigenvalue weighted by Gasteiger charge is -2.17.